The van der Waals surface area contributed by atoms with Gasteiger partial charge in [0, 0.05) is 30.6 Å². The molecule has 0 unspecified atom stereocenters. The summed E-state index contributed by atoms with van der Waals surface area (Å²) in [6.45, 7) is 2.78. The molecule has 0 fully saturated rings. The summed E-state index contributed by atoms with van der Waals surface area (Å²) in [4.78, 5) is 11.6. The maximum Gasteiger partial charge on any atom is 0.250 e. The molecule has 0 spiro atoms. The highest BCUT2D eigenvalue weighted by molar-refractivity contribution is 5.33. The highest BCUT2D eigenvalue weighted by atomic mass is 19.1. The van der Waals surface area contributed by atoms with Crippen LogP contribution in [0.15, 0.2) is 41.3 Å². The number of nitrogen functional groups attached to an aromatic ring is 1. The van der Waals surface area contributed by atoms with Crippen LogP contribution in [0.3, 0.4) is 0 Å². The molecule has 0 aliphatic rings. The van der Waals surface area contributed by atoms with E-state index in [-0.39, 0.29) is 11.4 Å². The molecule has 4 nitrogen and oxygen atoms in total. The van der Waals surface area contributed by atoms with Crippen molar-refractivity contribution in [1.29, 1.82) is 0 Å². The van der Waals surface area contributed by atoms with Crippen LogP contribution in [-0.2, 0) is 6.54 Å². The Morgan fingerprint density at radius 3 is 2.90 bits per heavy atom. The van der Waals surface area contributed by atoms with Crippen molar-refractivity contribution in [2.75, 3.05) is 12.3 Å². The lowest BCUT2D eigenvalue weighted by atomic mass is 10.2. The minimum atomic E-state index is -0.322. The molecule has 106 valence electrons. The van der Waals surface area contributed by atoms with Gasteiger partial charge in [-0.1, -0.05) is 6.07 Å². The fourth-order valence-corrected chi connectivity index (χ4v) is 1.87. The van der Waals surface area contributed by atoms with Gasteiger partial charge in [-0.15, -0.1) is 0 Å². The van der Waals surface area contributed by atoms with Crippen molar-refractivity contribution in [2.24, 2.45) is 0 Å². The predicted octanol–water partition coefficient (Wildman–Crippen LogP) is 2.35. The van der Waals surface area contributed by atoms with Gasteiger partial charge in [0.05, 0.1) is 6.61 Å². The van der Waals surface area contributed by atoms with E-state index in [1.807, 2.05) is 6.92 Å². The van der Waals surface area contributed by atoms with Crippen LogP contribution in [0.2, 0.25) is 0 Å². The first kappa shape index (κ1) is 14.1. The predicted molar refractivity (Wildman–Crippen MR) is 76.4 cm³/mol. The Morgan fingerprint density at radius 2 is 2.10 bits per heavy atom. The van der Waals surface area contributed by atoms with Gasteiger partial charge >= 0.3 is 0 Å². The van der Waals surface area contributed by atoms with Gasteiger partial charge in [0.15, 0.2) is 0 Å². The Kier molecular flexibility index (Phi) is 4.40. The molecule has 2 aromatic rings. The number of halogens is 1. The molecule has 0 aliphatic heterocycles. The van der Waals surface area contributed by atoms with Gasteiger partial charge in [-0.05, 0) is 31.0 Å². The van der Waals surface area contributed by atoms with Crippen LogP contribution < -0.4 is 16.0 Å². The third-order valence-electron chi connectivity index (χ3n) is 2.96. The number of hydrogen-bond acceptors (Lipinski definition) is 3. The Balaban J connectivity index is 1.89. The van der Waals surface area contributed by atoms with Crippen molar-refractivity contribution in [2.45, 2.75) is 19.9 Å². The lowest BCUT2D eigenvalue weighted by Crippen LogP contribution is -2.20. The molecule has 2 rings (SSSR count). The summed E-state index contributed by atoms with van der Waals surface area (Å²) in [5.74, 6) is 0.211. The summed E-state index contributed by atoms with van der Waals surface area (Å²) in [7, 11) is 0. The third-order valence-corrected chi connectivity index (χ3v) is 2.96. The molecule has 0 saturated carbocycles. The SMILES string of the molecule is Cc1ccc(F)cc1OCCCn1cc(N)ccc1=O. The van der Waals surface area contributed by atoms with Crippen molar-refractivity contribution in [3.63, 3.8) is 0 Å². The average Bonchev–Trinajstić information content (AvgIpc) is 2.42. The monoisotopic (exact) mass is 276 g/mol. The molecule has 2 N–H and O–H groups in total. The number of hydrogen-bond donors (Lipinski definition) is 1. The van der Waals surface area contributed by atoms with E-state index in [1.165, 1.54) is 22.8 Å². The molecular weight excluding hydrogens is 259 g/mol. The van der Waals surface area contributed by atoms with Gasteiger partial charge in [0.1, 0.15) is 11.6 Å². The first-order valence-electron chi connectivity index (χ1n) is 6.41. The lowest BCUT2D eigenvalue weighted by Gasteiger charge is -2.10. The van der Waals surface area contributed by atoms with Crippen LogP contribution in [0, 0.1) is 12.7 Å². The number of anilines is 1. The smallest absolute Gasteiger partial charge is 0.250 e. The molecule has 5 heteroatoms. The average molecular weight is 276 g/mol. The number of aromatic nitrogens is 1. The summed E-state index contributed by atoms with van der Waals surface area (Å²) < 4.78 is 20.1. The maximum absolute atomic E-state index is 13.1. The number of benzene rings is 1. The van der Waals surface area contributed by atoms with E-state index in [4.69, 9.17) is 10.5 Å². The molecule has 0 radical (unpaired) electrons. The van der Waals surface area contributed by atoms with Crippen molar-refractivity contribution in [3.8, 4) is 5.75 Å². The van der Waals surface area contributed by atoms with Gasteiger partial charge in [-0.2, -0.15) is 0 Å². The Morgan fingerprint density at radius 1 is 1.30 bits per heavy atom. The fraction of sp³-hybridized carbons (Fsp3) is 0.267. The first-order chi connectivity index (χ1) is 9.56. The summed E-state index contributed by atoms with van der Waals surface area (Å²) in [5.41, 5.74) is 6.96. The van der Waals surface area contributed by atoms with E-state index < -0.39 is 0 Å². The van der Waals surface area contributed by atoms with Gasteiger partial charge in [0.25, 0.3) is 5.56 Å². The number of pyridine rings is 1. The molecule has 0 aliphatic carbocycles. The van der Waals surface area contributed by atoms with Gasteiger partial charge in [0.2, 0.25) is 0 Å². The number of nitrogens with zero attached hydrogens (tertiary/aromatic N) is 1. The zero-order valence-electron chi connectivity index (χ0n) is 11.3. The first-order valence-corrected chi connectivity index (χ1v) is 6.41. The number of rotatable bonds is 5. The van der Waals surface area contributed by atoms with Crippen LogP contribution in [0.1, 0.15) is 12.0 Å². The second-order valence-corrected chi connectivity index (χ2v) is 4.61. The van der Waals surface area contributed by atoms with Crippen molar-refractivity contribution in [3.05, 3.63) is 58.3 Å². The molecular formula is C15H17FN2O2. The fourth-order valence-electron chi connectivity index (χ4n) is 1.87. The van der Waals surface area contributed by atoms with Crippen LogP contribution in [0.25, 0.3) is 0 Å². The maximum atomic E-state index is 13.1. The van der Waals surface area contributed by atoms with Gasteiger partial charge < -0.3 is 15.0 Å². The van der Waals surface area contributed by atoms with Crippen molar-refractivity contribution < 1.29 is 9.13 Å². The van der Waals surface area contributed by atoms with Crippen LogP contribution in [0.4, 0.5) is 10.1 Å². The summed E-state index contributed by atoms with van der Waals surface area (Å²) in [6, 6.07) is 7.45. The Hall–Kier alpha value is -2.30. The molecule has 1 aromatic heterocycles. The largest absolute Gasteiger partial charge is 0.493 e. The number of aryl methyl sites for hydroxylation is 2. The lowest BCUT2D eigenvalue weighted by molar-refractivity contribution is 0.297. The van der Waals surface area contributed by atoms with Crippen molar-refractivity contribution in [1.82, 2.24) is 4.57 Å². The van der Waals surface area contributed by atoms with Crippen molar-refractivity contribution >= 4 is 5.69 Å². The topological polar surface area (TPSA) is 57.2 Å². The molecule has 0 saturated heterocycles. The van der Waals surface area contributed by atoms with E-state index in [9.17, 15) is 9.18 Å². The zero-order chi connectivity index (χ0) is 14.5. The second kappa shape index (κ2) is 6.23. The molecule has 1 heterocycles. The van der Waals surface area contributed by atoms with E-state index in [0.29, 0.717) is 31.0 Å². The summed E-state index contributed by atoms with van der Waals surface area (Å²) >= 11 is 0. The summed E-state index contributed by atoms with van der Waals surface area (Å²) in [6.07, 6.45) is 2.25. The van der Waals surface area contributed by atoms with E-state index in [2.05, 4.69) is 0 Å². The van der Waals surface area contributed by atoms with E-state index >= 15 is 0 Å². The standard InChI is InChI=1S/C15H17FN2O2/c1-11-3-4-12(16)9-14(11)20-8-2-7-18-10-13(17)5-6-15(18)19/h3-6,9-10H,2,7-8,17H2,1H3. The summed E-state index contributed by atoms with van der Waals surface area (Å²) in [5, 5.41) is 0. The highest BCUT2D eigenvalue weighted by Crippen LogP contribution is 2.18. The Labute approximate surface area is 116 Å². The molecule has 1 aromatic carbocycles. The van der Waals surface area contributed by atoms with Crippen LogP contribution in [-0.4, -0.2) is 11.2 Å². The minimum Gasteiger partial charge on any atom is -0.493 e. The van der Waals surface area contributed by atoms with E-state index in [0.717, 1.165) is 5.56 Å². The number of nitrogens with two attached hydrogens (primary N) is 1. The third kappa shape index (κ3) is 3.60. The number of ether oxygens (including phenoxy) is 1. The zero-order valence-corrected chi connectivity index (χ0v) is 11.3. The molecule has 0 bridgehead atoms. The molecule has 20 heavy (non-hydrogen) atoms. The van der Waals surface area contributed by atoms with Gasteiger partial charge in [-0.3, -0.25) is 4.79 Å². The highest BCUT2D eigenvalue weighted by Gasteiger charge is 2.02. The minimum absolute atomic E-state index is 0.0962. The van der Waals surface area contributed by atoms with Crippen LogP contribution >= 0.6 is 0 Å². The second-order valence-electron chi connectivity index (χ2n) is 4.61. The quantitative estimate of drug-likeness (QED) is 0.853. The molecule has 0 amide bonds. The van der Waals surface area contributed by atoms with E-state index in [1.54, 1.807) is 18.3 Å². The Bertz CT molecular complexity index is 653. The normalized spacial score (nSPS) is 10.5. The van der Waals surface area contributed by atoms with Crippen LogP contribution in [0.5, 0.6) is 5.75 Å². The molecule has 0 atom stereocenters. The van der Waals surface area contributed by atoms with Gasteiger partial charge in [-0.25, -0.2) is 4.39 Å².